The number of piperidine rings is 1. The van der Waals surface area contributed by atoms with E-state index in [9.17, 15) is 4.39 Å². The second-order valence-corrected chi connectivity index (χ2v) is 11.0. The highest BCUT2D eigenvalue weighted by atomic mass is 32.2. The lowest BCUT2D eigenvalue weighted by atomic mass is 9.82. The summed E-state index contributed by atoms with van der Waals surface area (Å²) in [6.45, 7) is 9.82. The Hall–Kier alpha value is -2.55. The molecule has 6 nitrogen and oxygen atoms in total. The third-order valence-electron chi connectivity index (χ3n) is 6.78. The van der Waals surface area contributed by atoms with Crippen molar-refractivity contribution in [2.45, 2.75) is 64.4 Å². The maximum Gasteiger partial charge on any atom is 0.180 e. The molecule has 2 fully saturated rings. The number of nitrogens with zero attached hydrogens (tertiary/aromatic N) is 4. The molecule has 2 aliphatic heterocycles. The molecule has 0 unspecified atom stereocenters. The number of oxazole rings is 1. The van der Waals surface area contributed by atoms with Crippen LogP contribution in [-0.4, -0.2) is 45.0 Å². The minimum absolute atomic E-state index is 0.0863. The zero-order valence-electron chi connectivity index (χ0n) is 20.6. The fourth-order valence-corrected chi connectivity index (χ4v) is 6.58. The van der Waals surface area contributed by atoms with Gasteiger partial charge in [-0.15, -0.1) is 0 Å². The monoisotopic (exact) mass is 496 g/mol. The first-order valence-corrected chi connectivity index (χ1v) is 13.0. The molecule has 0 amide bonds. The Morgan fingerprint density at radius 3 is 2.80 bits per heavy atom. The summed E-state index contributed by atoms with van der Waals surface area (Å²) in [5.74, 6) is 1.55. The highest BCUT2D eigenvalue weighted by molar-refractivity contribution is 7.98. The first-order chi connectivity index (χ1) is 16.9. The molecular weight excluding hydrogens is 463 g/mol. The van der Waals surface area contributed by atoms with Crippen molar-refractivity contribution in [3.63, 3.8) is 0 Å². The molecule has 0 N–H and O–H groups in total. The highest BCUT2D eigenvalue weighted by Crippen LogP contribution is 2.48. The van der Waals surface area contributed by atoms with Crippen molar-refractivity contribution >= 4 is 17.8 Å². The molecule has 3 heterocycles. The van der Waals surface area contributed by atoms with Gasteiger partial charge in [0.15, 0.2) is 6.39 Å². The van der Waals surface area contributed by atoms with Gasteiger partial charge in [0.05, 0.1) is 30.1 Å². The molecular formula is C27H33FN4O2S. The molecule has 0 saturated carbocycles. The lowest BCUT2D eigenvalue weighted by Crippen LogP contribution is -2.56. The van der Waals surface area contributed by atoms with Gasteiger partial charge < -0.3 is 9.15 Å². The summed E-state index contributed by atoms with van der Waals surface area (Å²) in [5, 5.41) is 0. The van der Waals surface area contributed by atoms with Crippen LogP contribution < -0.4 is 9.04 Å². The van der Waals surface area contributed by atoms with Gasteiger partial charge in [0.1, 0.15) is 17.3 Å². The predicted molar refractivity (Wildman–Crippen MR) is 137 cm³/mol. The van der Waals surface area contributed by atoms with Crippen LogP contribution in [0.2, 0.25) is 0 Å². The summed E-state index contributed by atoms with van der Waals surface area (Å²) < 4.78 is 30.2. The van der Waals surface area contributed by atoms with E-state index in [0.29, 0.717) is 12.6 Å². The van der Waals surface area contributed by atoms with Gasteiger partial charge in [-0.3, -0.25) is 9.21 Å². The molecule has 0 radical (unpaired) electrons. The van der Waals surface area contributed by atoms with Crippen LogP contribution >= 0.6 is 12.1 Å². The molecule has 35 heavy (non-hydrogen) atoms. The van der Waals surface area contributed by atoms with Crippen molar-refractivity contribution in [3.8, 4) is 5.75 Å². The quantitative estimate of drug-likeness (QED) is 0.377. The number of benzene rings is 2. The van der Waals surface area contributed by atoms with Gasteiger partial charge in [-0.2, -0.15) is 0 Å². The van der Waals surface area contributed by atoms with E-state index in [4.69, 9.17) is 9.15 Å². The van der Waals surface area contributed by atoms with Gasteiger partial charge >= 0.3 is 0 Å². The van der Waals surface area contributed by atoms with Crippen LogP contribution in [-0.2, 0) is 13.1 Å². The summed E-state index contributed by atoms with van der Waals surface area (Å²) in [6.07, 6.45) is 5.38. The molecule has 5 rings (SSSR count). The van der Waals surface area contributed by atoms with E-state index in [1.165, 1.54) is 18.0 Å². The van der Waals surface area contributed by atoms with Gasteiger partial charge in [-0.1, -0.05) is 18.2 Å². The van der Waals surface area contributed by atoms with E-state index in [2.05, 4.69) is 57.5 Å². The fraction of sp³-hybridized carbons (Fsp3) is 0.444. The first kappa shape index (κ1) is 24.2. The molecule has 186 valence electrons. The highest BCUT2D eigenvalue weighted by Gasteiger charge is 2.50. The number of likely N-dealkylation sites (tertiary alicyclic amines) is 1. The van der Waals surface area contributed by atoms with E-state index < -0.39 is 0 Å². The van der Waals surface area contributed by atoms with E-state index in [1.807, 2.05) is 12.1 Å². The van der Waals surface area contributed by atoms with Crippen LogP contribution in [0.4, 0.5) is 10.1 Å². The number of ether oxygens (including phenoxy) is 1. The van der Waals surface area contributed by atoms with Crippen molar-refractivity contribution in [2.24, 2.45) is 0 Å². The Labute approximate surface area is 211 Å². The lowest BCUT2D eigenvalue weighted by molar-refractivity contribution is 0.0978. The summed E-state index contributed by atoms with van der Waals surface area (Å²) >= 11 is 1.67. The van der Waals surface area contributed by atoms with Crippen molar-refractivity contribution < 1.29 is 13.5 Å². The number of halogens is 1. The van der Waals surface area contributed by atoms with E-state index >= 15 is 0 Å². The normalized spacial score (nSPS) is 23.5. The predicted octanol–water partition coefficient (Wildman–Crippen LogP) is 5.91. The third kappa shape index (κ3) is 5.50. The molecule has 0 bridgehead atoms. The largest absolute Gasteiger partial charge is 0.491 e. The molecule has 2 saturated heterocycles. The van der Waals surface area contributed by atoms with Crippen LogP contribution in [0, 0.1) is 5.82 Å². The Morgan fingerprint density at radius 2 is 2.06 bits per heavy atom. The number of rotatable bonds is 7. The van der Waals surface area contributed by atoms with Gasteiger partial charge in [-0.25, -0.2) is 13.7 Å². The Bertz CT molecular complexity index is 1130. The van der Waals surface area contributed by atoms with Crippen LogP contribution in [0.15, 0.2) is 65.5 Å². The van der Waals surface area contributed by atoms with E-state index in [1.54, 1.807) is 30.5 Å². The molecule has 3 aromatic rings. The van der Waals surface area contributed by atoms with Gasteiger partial charge in [0.25, 0.3) is 0 Å². The maximum atomic E-state index is 14.2. The molecule has 0 aliphatic carbocycles. The summed E-state index contributed by atoms with van der Waals surface area (Å²) in [7, 11) is 0. The molecule has 2 aromatic carbocycles. The number of hydrogen-bond donors (Lipinski definition) is 0. The molecule has 1 aromatic heterocycles. The fourth-order valence-electron chi connectivity index (χ4n) is 5.27. The van der Waals surface area contributed by atoms with E-state index in [-0.39, 0.29) is 17.5 Å². The Kier molecular flexibility index (Phi) is 7.05. The number of aromatic nitrogens is 1. The van der Waals surface area contributed by atoms with Crippen molar-refractivity contribution in [2.75, 3.05) is 17.4 Å². The first-order valence-electron chi connectivity index (χ1n) is 12.3. The lowest BCUT2D eigenvalue weighted by Gasteiger charge is -2.47. The molecule has 2 aliphatic rings. The van der Waals surface area contributed by atoms with Gasteiger partial charge in [0.2, 0.25) is 0 Å². The topological polar surface area (TPSA) is 45.0 Å². The maximum absolute atomic E-state index is 14.2. The summed E-state index contributed by atoms with van der Waals surface area (Å²) in [4.78, 5) is 6.61. The second kappa shape index (κ2) is 10.2. The number of anilines is 1. The molecule has 1 spiro atoms. The Morgan fingerprint density at radius 1 is 1.20 bits per heavy atom. The molecule has 8 heteroatoms. The standard InChI is InChI=1S/C27H33FN4O2S/c1-20(2)34-25-9-4-6-22(12-25)16-30-11-10-27(14-21(30)3)18-31(17-26-15-29-19-33-26)35-32(27)24-8-5-7-23(28)13-24/h4-9,12-13,15,19-21H,10-11,14,16-18H2,1-3H3/t21-,27+/m0/s1. The SMILES string of the molecule is CC(C)Oc1cccc(CN2CC[C@@]3(C[C@@H]2C)CN(Cc2cnco2)SN3c2cccc(F)c2)c1. The van der Waals surface area contributed by atoms with Gasteiger partial charge in [0, 0.05) is 37.8 Å². The zero-order chi connectivity index (χ0) is 24.4. The zero-order valence-corrected chi connectivity index (χ0v) is 21.4. The van der Waals surface area contributed by atoms with Crippen molar-refractivity contribution in [3.05, 3.63) is 78.3 Å². The Balaban J connectivity index is 1.33. The average Bonchev–Trinajstić information content (AvgIpc) is 3.44. The van der Waals surface area contributed by atoms with Crippen molar-refractivity contribution in [1.29, 1.82) is 0 Å². The smallest absolute Gasteiger partial charge is 0.180 e. The second-order valence-electron chi connectivity index (χ2n) is 9.93. The van der Waals surface area contributed by atoms with Crippen LogP contribution in [0.25, 0.3) is 0 Å². The summed E-state index contributed by atoms with van der Waals surface area (Å²) in [6, 6.07) is 15.7. The van der Waals surface area contributed by atoms with Crippen molar-refractivity contribution in [1.82, 2.24) is 14.2 Å². The van der Waals surface area contributed by atoms with Gasteiger partial charge in [-0.05, 0) is 69.5 Å². The van der Waals surface area contributed by atoms with Crippen LogP contribution in [0.3, 0.4) is 0 Å². The third-order valence-corrected chi connectivity index (χ3v) is 8.03. The average molecular weight is 497 g/mol. The number of hydrogen-bond acceptors (Lipinski definition) is 7. The van der Waals surface area contributed by atoms with Crippen LogP contribution in [0.1, 0.15) is 44.9 Å². The van der Waals surface area contributed by atoms with E-state index in [0.717, 1.165) is 49.7 Å². The van der Waals surface area contributed by atoms with Crippen LogP contribution in [0.5, 0.6) is 5.75 Å². The summed E-state index contributed by atoms with van der Waals surface area (Å²) in [5.41, 5.74) is 2.09. The minimum atomic E-state index is -0.207. The minimum Gasteiger partial charge on any atom is -0.491 e. The molecule has 2 atom stereocenters.